The maximum atomic E-state index is 13.5. The second-order valence-electron chi connectivity index (χ2n) is 2.47. The molecule has 0 saturated carbocycles. The van der Waals surface area contributed by atoms with Gasteiger partial charge in [0, 0.05) is 9.94 Å². The van der Waals surface area contributed by atoms with Crippen molar-refractivity contribution >= 4 is 44.4 Å². The second kappa shape index (κ2) is 4.61. The highest BCUT2D eigenvalue weighted by atomic mass is 79.9. The molecule has 14 heavy (non-hydrogen) atoms. The summed E-state index contributed by atoms with van der Waals surface area (Å²) in [5.74, 6) is -0.861. The molecule has 0 bridgehead atoms. The maximum Gasteiger partial charge on any atom is 0.492 e. The van der Waals surface area contributed by atoms with E-state index >= 15 is 0 Å². The summed E-state index contributed by atoms with van der Waals surface area (Å²) in [6, 6.07) is 1.48. The van der Waals surface area contributed by atoms with Crippen LogP contribution in [-0.4, -0.2) is 24.3 Å². The summed E-state index contributed by atoms with van der Waals surface area (Å²) in [5.41, 5.74) is -0.245. The van der Waals surface area contributed by atoms with Crippen molar-refractivity contribution in [1.82, 2.24) is 0 Å². The van der Waals surface area contributed by atoms with E-state index in [0.29, 0.717) is 4.47 Å². The monoisotopic (exact) mass is 326 g/mol. The molecule has 0 radical (unpaired) electrons. The SMILES string of the molecule is COc1c(Br)cc(Br)c(B(O)O)c1F. The number of hydrogen-bond donors (Lipinski definition) is 2. The topological polar surface area (TPSA) is 49.7 Å². The lowest BCUT2D eigenvalue weighted by molar-refractivity contribution is 0.381. The normalized spacial score (nSPS) is 10.1. The zero-order valence-electron chi connectivity index (χ0n) is 7.09. The molecule has 0 atom stereocenters. The highest BCUT2D eigenvalue weighted by Gasteiger charge is 2.25. The molecule has 0 saturated heterocycles. The van der Waals surface area contributed by atoms with Crippen molar-refractivity contribution in [1.29, 1.82) is 0 Å². The van der Waals surface area contributed by atoms with Crippen molar-refractivity contribution in [2.45, 2.75) is 0 Å². The molecule has 1 rings (SSSR count). The summed E-state index contributed by atoms with van der Waals surface area (Å²) in [5, 5.41) is 17.8. The van der Waals surface area contributed by atoms with Crippen LogP contribution in [0.3, 0.4) is 0 Å². The maximum absolute atomic E-state index is 13.5. The van der Waals surface area contributed by atoms with Gasteiger partial charge in [0.15, 0.2) is 11.6 Å². The summed E-state index contributed by atoms with van der Waals surface area (Å²) in [4.78, 5) is 0. The summed E-state index contributed by atoms with van der Waals surface area (Å²) >= 11 is 6.10. The van der Waals surface area contributed by atoms with Gasteiger partial charge in [-0.2, -0.15) is 0 Å². The summed E-state index contributed by atoms with van der Waals surface area (Å²) in [6.07, 6.45) is 0. The van der Waals surface area contributed by atoms with Crippen molar-refractivity contribution in [3.63, 3.8) is 0 Å². The first kappa shape index (κ1) is 12.0. The van der Waals surface area contributed by atoms with Crippen LogP contribution in [0.25, 0.3) is 0 Å². The van der Waals surface area contributed by atoms with Crippen LogP contribution in [0.15, 0.2) is 15.0 Å². The Hall–Kier alpha value is -0.105. The number of ether oxygens (including phenoxy) is 1. The third-order valence-electron chi connectivity index (χ3n) is 1.63. The van der Waals surface area contributed by atoms with E-state index in [4.69, 9.17) is 14.8 Å². The molecule has 1 aromatic carbocycles. The van der Waals surface area contributed by atoms with Gasteiger partial charge in [-0.25, -0.2) is 4.39 Å². The van der Waals surface area contributed by atoms with Crippen LogP contribution in [0.5, 0.6) is 5.75 Å². The van der Waals surface area contributed by atoms with Crippen LogP contribution in [0.2, 0.25) is 0 Å². The van der Waals surface area contributed by atoms with Gasteiger partial charge in [0.05, 0.1) is 11.6 Å². The molecule has 0 heterocycles. The molecular weight excluding hydrogens is 322 g/mol. The molecule has 2 N–H and O–H groups in total. The van der Waals surface area contributed by atoms with E-state index < -0.39 is 12.9 Å². The van der Waals surface area contributed by atoms with Gasteiger partial charge in [0.25, 0.3) is 0 Å². The number of halogens is 3. The third kappa shape index (κ3) is 2.11. The Kier molecular flexibility index (Phi) is 3.94. The molecule has 0 aromatic heterocycles. The molecule has 0 spiro atoms. The first-order valence-electron chi connectivity index (χ1n) is 3.56. The minimum absolute atomic E-state index is 0.0590. The van der Waals surface area contributed by atoms with Gasteiger partial charge in [0.2, 0.25) is 0 Å². The second-order valence-corrected chi connectivity index (χ2v) is 4.18. The third-order valence-corrected chi connectivity index (χ3v) is 2.87. The van der Waals surface area contributed by atoms with Gasteiger partial charge < -0.3 is 14.8 Å². The Morgan fingerprint density at radius 3 is 2.36 bits per heavy atom. The Labute approximate surface area is 97.3 Å². The average molecular weight is 328 g/mol. The molecule has 1 aromatic rings. The van der Waals surface area contributed by atoms with Gasteiger partial charge in [-0.05, 0) is 22.0 Å². The van der Waals surface area contributed by atoms with E-state index in [1.165, 1.54) is 13.2 Å². The zero-order valence-corrected chi connectivity index (χ0v) is 10.3. The molecule has 0 unspecified atom stereocenters. The van der Waals surface area contributed by atoms with Crippen molar-refractivity contribution < 1.29 is 19.2 Å². The van der Waals surface area contributed by atoms with E-state index in [2.05, 4.69) is 31.9 Å². The van der Waals surface area contributed by atoms with Crippen LogP contribution in [-0.2, 0) is 0 Å². The van der Waals surface area contributed by atoms with Crippen molar-refractivity contribution in [2.24, 2.45) is 0 Å². The molecule has 3 nitrogen and oxygen atoms in total. The van der Waals surface area contributed by atoms with Gasteiger partial charge >= 0.3 is 7.12 Å². The Bertz CT molecular complexity index is 359. The molecule has 0 fully saturated rings. The van der Waals surface area contributed by atoms with Crippen molar-refractivity contribution in [3.05, 3.63) is 20.8 Å². The first-order valence-corrected chi connectivity index (χ1v) is 5.15. The smallest absolute Gasteiger partial charge is 0.492 e. The molecule has 0 aliphatic carbocycles. The highest BCUT2D eigenvalue weighted by molar-refractivity contribution is 9.11. The number of rotatable bonds is 2. The van der Waals surface area contributed by atoms with Gasteiger partial charge in [-0.1, -0.05) is 15.9 Å². The molecule has 0 aliphatic rings. The summed E-state index contributed by atoms with van der Waals surface area (Å²) < 4.78 is 19.0. The molecule has 0 amide bonds. The van der Waals surface area contributed by atoms with Gasteiger partial charge in [0.1, 0.15) is 0 Å². The predicted octanol–water partition coefficient (Wildman–Crippen LogP) is 1.04. The lowest BCUT2D eigenvalue weighted by Gasteiger charge is -2.10. The van der Waals surface area contributed by atoms with Crippen molar-refractivity contribution in [2.75, 3.05) is 7.11 Å². The lowest BCUT2D eigenvalue weighted by Crippen LogP contribution is -2.34. The van der Waals surface area contributed by atoms with Gasteiger partial charge in [-0.3, -0.25) is 0 Å². The van der Waals surface area contributed by atoms with Crippen LogP contribution in [0.1, 0.15) is 0 Å². The Balaban J connectivity index is 3.44. The minimum Gasteiger partial charge on any atom is -0.493 e. The van der Waals surface area contributed by atoms with Crippen LogP contribution in [0, 0.1) is 5.82 Å². The molecule has 0 aliphatic heterocycles. The minimum atomic E-state index is -1.88. The van der Waals surface area contributed by atoms with E-state index in [9.17, 15) is 4.39 Å². The van der Waals surface area contributed by atoms with Crippen LogP contribution >= 0.6 is 31.9 Å². The molecule has 76 valence electrons. The molecule has 7 heteroatoms. The first-order chi connectivity index (χ1) is 6.49. The summed E-state index contributed by atoms with van der Waals surface area (Å²) in [7, 11) is -0.587. The van der Waals surface area contributed by atoms with Crippen molar-refractivity contribution in [3.8, 4) is 5.75 Å². The van der Waals surface area contributed by atoms with E-state index in [1.54, 1.807) is 0 Å². The largest absolute Gasteiger partial charge is 0.493 e. The summed E-state index contributed by atoms with van der Waals surface area (Å²) in [6.45, 7) is 0. The van der Waals surface area contributed by atoms with E-state index in [-0.39, 0.29) is 15.7 Å². The molecular formula is C7H6BBr2FO3. The van der Waals surface area contributed by atoms with Gasteiger partial charge in [-0.15, -0.1) is 0 Å². The standard InChI is InChI=1S/C7H6BBr2FO3/c1-14-7-4(10)2-3(9)5(6(7)11)8(12)13/h2,12-13H,1H3. The quantitative estimate of drug-likeness (QED) is 0.798. The van der Waals surface area contributed by atoms with Crippen LogP contribution < -0.4 is 10.2 Å². The number of hydrogen-bond acceptors (Lipinski definition) is 3. The number of benzene rings is 1. The van der Waals surface area contributed by atoms with E-state index in [0.717, 1.165) is 0 Å². The predicted molar refractivity (Wildman–Crippen MR) is 58.2 cm³/mol. The highest BCUT2D eigenvalue weighted by Crippen LogP contribution is 2.30. The fourth-order valence-corrected chi connectivity index (χ4v) is 2.49. The average Bonchev–Trinajstić information content (AvgIpc) is 2.02. The fraction of sp³-hybridized carbons (Fsp3) is 0.143. The zero-order chi connectivity index (χ0) is 10.9. The van der Waals surface area contributed by atoms with Crippen LogP contribution in [0.4, 0.5) is 4.39 Å². The fourth-order valence-electron chi connectivity index (χ4n) is 1.01. The lowest BCUT2D eigenvalue weighted by atomic mass is 9.80. The number of methoxy groups -OCH3 is 1. The Morgan fingerprint density at radius 1 is 1.36 bits per heavy atom. The Morgan fingerprint density at radius 2 is 1.93 bits per heavy atom. The van der Waals surface area contributed by atoms with E-state index in [1.807, 2.05) is 0 Å².